The summed E-state index contributed by atoms with van der Waals surface area (Å²) in [6, 6.07) is 0. The summed E-state index contributed by atoms with van der Waals surface area (Å²) < 4.78 is 20.9. The predicted molar refractivity (Wildman–Crippen MR) is 98.8 cm³/mol. The van der Waals surface area contributed by atoms with Crippen molar-refractivity contribution >= 4 is 19.4 Å². The fraction of sp³-hybridized carbons (Fsp3) is 0.875. The lowest BCUT2D eigenvalue weighted by molar-refractivity contribution is -0.136. The van der Waals surface area contributed by atoms with Gasteiger partial charge in [-0.15, -0.1) is 0 Å². The van der Waals surface area contributed by atoms with E-state index in [2.05, 4.69) is 15.0 Å². The summed E-state index contributed by atoms with van der Waals surface area (Å²) in [5.74, 6) is -0.604. The van der Waals surface area contributed by atoms with E-state index in [4.69, 9.17) is 9.36 Å². The first-order valence-electron chi connectivity index (χ1n) is 8.49. The highest BCUT2D eigenvalue weighted by atomic mass is 31.2. The SMILES string of the molecule is CCOP(=O)(O)OCC(C)(C)[C@@H](O)C(=O)NCC/C(C)=N/OC(C)(C)C. The molecule has 0 radical (unpaired) electrons. The minimum atomic E-state index is -4.19. The van der Waals surface area contributed by atoms with Crippen LogP contribution in [0.2, 0.25) is 0 Å². The zero-order valence-corrected chi connectivity index (χ0v) is 17.6. The van der Waals surface area contributed by atoms with E-state index in [1.165, 1.54) is 0 Å². The van der Waals surface area contributed by atoms with Crippen molar-refractivity contribution in [3.8, 4) is 0 Å². The molecule has 9 nitrogen and oxygen atoms in total. The van der Waals surface area contributed by atoms with E-state index in [-0.39, 0.29) is 19.8 Å². The number of aliphatic hydroxyl groups excluding tert-OH is 1. The molecule has 0 aliphatic rings. The summed E-state index contributed by atoms with van der Waals surface area (Å²) in [7, 11) is -4.19. The number of hydrogen-bond donors (Lipinski definition) is 3. The number of nitrogens with one attached hydrogen (secondary N) is 1. The van der Waals surface area contributed by atoms with Crippen LogP contribution in [0.1, 0.15) is 54.9 Å². The van der Waals surface area contributed by atoms with Crippen LogP contribution >= 0.6 is 7.82 Å². The van der Waals surface area contributed by atoms with E-state index in [0.717, 1.165) is 0 Å². The highest BCUT2D eigenvalue weighted by Crippen LogP contribution is 2.44. The molecule has 2 atom stereocenters. The van der Waals surface area contributed by atoms with Gasteiger partial charge in [0.05, 0.1) is 18.9 Å². The van der Waals surface area contributed by atoms with Gasteiger partial charge in [-0.25, -0.2) is 4.57 Å². The fourth-order valence-electron chi connectivity index (χ4n) is 1.61. The Morgan fingerprint density at radius 1 is 1.23 bits per heavy atom. The topological polar surface area (TPSA) is 127 Å². The highest BCUT2D eigenvalue weighted by molar-refractivity contribution is 7.47. The first-order valence-corrected chi connectivity index (χ1v) is 9.99. The molecule has 0 aromatic rings. The summed E-state index contributed by atoms with van der Waals surface area (Å²) in [5, 5.41) is 16.8. The maximum atomic E-state index is 12.1. The molecule has 154 valence electrons. The van der Waals surface area contributed by atoms with Gasteiger partial charge < -0.3 is 20.2 Å². The number of hydrogen-bond acceptors (Lipinski definition) is 7. The van der Waals surface area contributed by atoms with Gasteiger partial charge in [-0.1, -0.05) is 19.0 Å². The summed E-state index contributed by atoms with van der Waals surface area (Å²) in [4.78, 5) is 26.8. The summed E-state index contributed by atoms with van der Waals surface area (Å²) >= 11 is 0. The van der Waals surface area contributed by atoms with Crippen LogP contribution in [-0.2, 0) is 23.2 Å². The number of carbonyl (C=O) groups is 1. The second kappa shape index (κ2) is 10.4. The molecule has 0 saturated carbocycles. The van der Waals surface area contributed by atoms with Gasteiger partial charge in [0.2, 0.25) is 5.91 Å². The number of phosphoric acid groups is 1. The van der Waals surface area contributed by atoms with Gasteiger partial charge in [0.15, 0.2) is 0 Å². The van der Waals surface area contributed by atoms with Crippen LogP contribution in [0.25, 0.3) is 0 Å². The van der Waals surface area contributed by atoms with Crippen molar-refractivity contribution in [2.45, 2.75) is 66.6 Å². The van der Waals surface area contributed by atoms with Crippen LogP contribution in [0.4, 0.5) is 0 Å². The molecular weight excluding hydrogens is 363 g/mol. The van der Waals surface area contributed by atoms with Gasteiger partial charge in [-0.3, -0.25) is 13.8 Å². The van der Waals surface area contributed by atoms with Crippen LogP contribution in [0, 0.1) is 5.41 Å². The van der Waals surface area contributed by atoms with Crippen molar-refractivity contribution in [1.29, 1.82) is 0 Å². The third-order valence-electron chi connectivity index (χ3n) is 3.14. The Bertz CT molecular complexity index is 529. The standard InChI is InChI=1S/C16H33N2O7P/c1-8-23-26(21,22)24-11-16(6,7)13(19)14(20)17-10-9-12(2)18-25-15(3,4)5/h13,19H,8-11H2,1-7H3,(H,17,20)(H,21,22)/b18-12+/t13-/m0/s1. The summed E-state index contributed by atoms with van der Waals surface area (Å²) in [6.07, 6.45) is -0.964. The summed E-state index contributed by atoms with van der Waals surface area (Å²) in [6.45, 7) is 12.0. The molecule has 0 spiro atoms. The minimum Gasteiger partial charge on any atom is -0.390 e. The molecule has 0 heterocycles. The maximum Gasteiger partial charge on any atom is 0.472 e. The third-order valence-corrected chi connectivity index (χ3v) is 4.18. The number of phosphoric ester groups is 1. The Kier molecular flexibility index (Phi) is 9.98. The lowest BCUT2D eigenvalue weighted by Crippen LogP contribution is -2.46. The molecule has 0 rings (SSSR count). The van der Waals surface area contributed by atoms with Crippen LogP contribution in [0.15, 0.2) is 5.16 Å². The molecule has 1 unspecified atom stereocenters. The Labute approximate surface area is 155 Å². The number of oxime groups is 1. The van der Waals surface area contributed by atoms with Gasteiger partial charge >= 0.3 is 7.82 Å². The van der Waals surface area contributed by atoms with Gasteiger partial charge in [0, 0.05) is 18.4 Å². The predicted octanol–water partition coefficient (Wildman–Crippen LogP) is 2.22. The van der Waals surface area contributed by atoms with Gasteiger partial charge in [0.25, 0.3) is 0 Å². The Balaban J connectivity index is 4.46. The Hall–Kier alpha value is -0.990. The molecular formula is C16H33N2O7P. The molecule has 0 bridgehead atoms. The number of rotatable bonds is 11. The largest absolute Gasteiger partial charge is 0.472 e. The Morgan fingerprint density at radius 2 is 1.81 bits per heavy atom. The quantitative estimate of drug-likeness (QED) is 0.278. The third kappa shape index (κ3) is 10.9. The number of amides is 1. The van der Waals surface area contributed by atoms with Crippen LogP contribution in [0.3, 0.4) is 0 Å². The van der Waals surface area contributed by atoms with Crippen LogP contribution in [0.5, 0.6) is 0 Å². The first-order chi connectivity index (χ1) is 11.7. The molecule has 0 aliphatic heterocycles. The van der Waals surface area contributed by atoms with E-state index in [9.17, 15) is 19.4 Å². The van der Waals surface area contributed by atoms with Crippen molar-refractivity contribution in [2.24, 2.45) is 10.6 Å². The van der Waals surface area contributed by atoms with Crippen molar-refractivity contribution < 1.29 is 33.2 Å². The number of aliphatic hydroxyl groups is 1. The van der Waals surface area contributed by atoms with Crippen molar-refractivity contribution in [2.75, 3.05) is 19.8 Å². The van der Waals surface area contributed by atoms with Crippen LogP contribution in [-0.4, -0.2) is 53.1 Å². The smallest absolute Gasteiger partial charge is 0.390 e. The monoisotopic (exact) mass is 396 g/mol. The molecule has 0 saturated heterocycles. The van der Waals surface area contributed by atoms with Gasteiger partial charge in [-0.2, -0.15) is 0 Å². The van der Waals surface area contributed by atoms with E-state index in [0.29, 0.717) is 12.1 Å². The Morgan fingerprint density at radius 3 is 2.31 bits per heavy atom. The molecule has 0 aromatic heterocycles. The van der Waals surface area contributed by atoms with E-state index >= 15 is 0 Å². The van der Waals surface area contributed by atoms with Crippen molar-refractivity contribution in [1.82, 2.24) is 5.32 Å². The second-order valence-corrected chi connectivity index (χ2v) is 9.08. The van der Waals surface area contributed by atoms with E-state index in [1.807, 2.05) is 20.8 Å². The molecule has 0 fully saturated rings. The van der Waals surface area contributed by atoms with Gasteiger partial charge in [-0.05, 0) is 34.6 Å². The minimum absolute atomic E-state index is 0.0110. The zero-order valence-electron chi connectivity index (χ0n) is 16.7. The fourth-order valence-corrected chi connectivity index (χ4v) is 2.50. The van der Waals surface area contributed by atoms with Gasteiger partial charge in [0.1, 0.15) is 11.7 Å². The normalized spacial score (nSPS) is 16.7. The lowest BCUT2D eigenvalue weighted by Gasteiger charge is -2.29. The van der Waals surface area contributed by atoms with E-state index < -0.39 is 30.8 Å². The molecule has 0 aromatic carbocycles. The summed E-state index contributed by atoms with van der Waals surface area (Å²) in [5.41, 5.74) is -0.772. The number of carbonyl (C=O) groups excluding carboxylic acids is 1. The lowest BCUT2D eigenvalue weighted by atomic mass is 9.87. The van der Waals surface area contributed by atoms with Crippen molar-refractivity contribution in [3.63, 3.8) is 0 Å². The maximum absolute atomic E-state index is 12.1. The molecule has 3 N–H and O–H groups in total. The molecule has 0 aliphatic carbocycles. The van der Waals surface area contributed by atoms with Crippen molar-refractivity contribution in [3.05, 3.63) is 0 Å². The molecule has 10 heteroatoms. The molecule has 1 amide bonds. The van der Waals surface area contributed by atoms with E-state index in [1.54, 1.807) is 27.7 Å². The molecule has 26 heavy (non-hydrogen) atoms. The average Bonchev–Trinajstić information content (AvgIpc) is 2.49. The van der Waals surface area contributed by atoms with Crippen LogP contribution < -0.4 is 5.32 Å². The average molecular weight is 396 g/mol. The zero-order chi connectivity index (χ0) is 20.6. The first kappa shape index (κ1) is 25.0. The second-order valence-electron chi connectivity index (χ2n) is 7.62. The number of nitrogens with zero attached hydrogens (tertiary/aromatic N) is 1. The highest BCUT2D eigenvalue weighted by Gasteiger charge is 2.36.